The molecule has 4 heteroatoms. The van der Waals surface area contributed by atoms with Crippen molar-refractivity contribution in [2.45, 2.75) is 13.3 Å². The first-order valence-corrected chi connectivity index (χ1v) is 6.05. The number of hydrogen-bond acceptors (Lipinski definition) is 3. The number of para-hydroxylation sites is 1. The van der Waals surface area contributed by atoms with Gasteiger partial charge in [0.15, 0.2) is 0 Å². The molecule has 0 atom stereocenters. The fraction of sp³-hybridized carbons (Fsp3) is 0.462. The summed E-state index contributed by atoms with van der Waals surface area (Å²) in [6.45, 7) is 5.01. The van der Waals surface area contributed by atoms with E-state index in [0.717, 1.165) is 25.1 Å². The largest absolute Gasteiger partial charge is 0.507 e. The zero-order chi connectivity index (χ0) is 12.3. The summed E-state index contributed by atoms with van der Waals surface area (Å²) in [5.74, 6) is 0.0674. The van der Waals surface area contributed by atoms with Crippen LogP contribution in [0.25, 0.3) is 0 Å². The number of amides is 1. The normalized spacial score (nSPS) is 15.9. The van der Waals surface area contributed by atoms with Gasteiger partial charge in [-0.2, -0.15) is 0 Å². The summed E-state index contributed by atoms with van der Waals surface area (Å²) in [5.41, 5.74) is 1.25. The van der Waals surface area contributed by atoms with Crippen molar-refractivity contribution in [2.75, 3.05) is 26.2 Å². The lowest BCUT2D eigenvalue weighted by Crippen LogP contribution is -2.46. The van der Waals surface area contributed by atoms with Gasteiger partial charge in [-0.15, -0.1) is 0 Å². The van der Waals surface area contributed by atoms with E-state index >= 15 is 0 Å². The van der Waals surface area contributed by atoms with Crippen LogP contribution in [-0.2, 0) is 6.42 Å². The number of piperazine rings is 1. The van der Waals surface area contributed by atoms with E-state index in [9.17, 15) is 9.90 Å². The van der Waals surface area contributed by atoms with Crippen molar-refractivity contribution in [3.05, 3.63) is 29.3 Å². The third kappa shape index (κ3) is 2.42. The lowest BCUT2D eigenvalue weighted by atomic mass is 10.1. The molecule has 1 fully saturated rings. The molecule has 0 saturated carbocycles. The van der Waals surface area contributed by atoms with Crippen molar-refractivity contribution in [3.8, 4) is 5.75 Å². The fourth-order valence-corrected chi connectivity index (χ4v) is 2.09. The molecule has 1 saturated heterocycles. The highest BCUT2D eigenvalue weighted by atomic mass is 16.3. The summed E-state index contributed by atoms with van der Waals surface area (Å²) in [6, 6.07) is 5.37. The number of aromatic hydroxyl groups is 1. The minimum Gasteiger partial charge on any atom is -0.507 e. The second-order valence-electron chi connectivity index (χ2n) is 4.21. The molecule has 2 rings (SSSR count). The number of benzene rings is 1. The Kier molecular flexibility index (Phi) is 3.64. The second-order valence-corrected chi connectivity index (χ2v) is 4.21. The molecule has 0 aliphatic carbocycles. The van der Waals surface area contributed by atoms with Gasteiger partial charge in [0.05, 0.1) is 5.56 Å². The summed E-state index contributed by atoms with van der Waals surface area (Å²) in [5, 5.41) is 13.2. The Morgan fingerprint density at radius 2 is 2.12 bits per heavy atom. The van der Waals surface area contributed by atoms with Crippen LogP contribution in [0.2, 0.25) is 0 Å². The molecule has 17 heavy (non-hydrogen) atoms. The van der Waals surface area contributed by atoms with Crippen molar-refractivity contribution in [2.24, 2.45) is 0 Å². The molecule has 1 amide bonds. The monoisotopic (exact) mass is 234 g/mol. The number of phenolic OH excluding ortho intramolecular Hbond substituents is 1. The molecule has 1 aliphatic rings. The average molecular weight is 234 g/mol. The Morgan fingerprint density at radius 3 is 2.76 bits per heavy atom. The van der Waals surface area contributed by atoms with Gasteiger partial charge in [0.25, 0.3) is 5.91 Å². The Hall–Kier alpha value is -1.55. The number of phenols is 1. The van der Waals surface area contributed by atoms with E-state index in [1.54, 1.807) is 11.0 Å². The van der Waals surface area contributed by atoms with Crippen LogP contribution < -0.4 is 5.32 Å². The lowest BCUT2D eigenvalue weighted by Gasteiger charge is -2.27. The summed E-state index contributed by atoms with van der Waals surface area (Å²) in [4.78, 5) is 14.0. The van der Waals surface area contributed by atoms with Crippen LogP contribution >= 0.6 is 0 Å². The van der Waals surface area contributed by atoms with Crippen molar-refractivity contribution in [1.29, 1.82) is 0 Å². The van der Waals surface area contributed by atoms with E-state index in [-0.39, 0.29) is 11.7 Å². The van der Waals surface area contributed by atoms with Crippen LogP contribution in [0.1, 0.15) is 22.8 Å². The lowest BCUT2D eigenvalue weighted by molar-refractivity contribution is 0.0732. The van der Waals surface area contributed by atoms with Crippen LogP contribution in [0.5, 0.6) is 5.75 Å². The maximum Gasteiger partial charge on any atom is 0.257 e. The maximum absolute atomic E-state index is 12.2. The van der Waals surface area contributed by atoms with E-state index in [1.807, 2.05) is 19.1 Å². The van der Waals surface area contributed by atoms with Gasteiger partial charge in [0.2, 0.25) is 0 Å². The van der Waals surface area contributed by atoms with Gasteiger partial charge >= 0.3 is 0 Å². The fourth-order valence-electron chi connectivity index (χ4n) is 2.09. The molecule has 0 aromatic heterocycles. The van der Waals surface area contributed by atoms with Gasteiger partial charge in [-0.1, -0.05) is 19.1 Å². The molecule has 92 valence electrons. The van der Waals surface area contributed by atoms with Gasteiger partial charge in [0, 0.05) is 26.2 Å². The van der Waals surface area contributed by atoms with Gasteiger partial charge in [-0.05, 0) is 18.1 Å². The first-order valence-electron chi connectivity index (χ1n) is 6.05. The quantitative estimate of drug-likeness (QED) is 0.802. The standard InChI is InChI=1S/C13H18N2O2/c1-2-10-4-3-5-11(12(10)16)13(17)15-8-6-14-7-9-15/h3-5,14,16H,2,6-9H2,1H3. The number of aryl methyl sites for hydroxylation is 1. The molecular weight excluding hydrogens is 216 g/mol. The molecule has 4 nitrogen and oxygen atoms in total. The summed E-state index contributed by atoms with van der Waals surface area (Å²) < 4.78 is 0. The number of rotatable bonds is 2. The molecule has 0 spiro atoms. The van der Waals surface area contributed by atoms with Crippen molar-refractivity contribution < 1.29 is 9.90 Å². The van der Waals surface area contributed by atoms with Crippen molar-refractivity contribution in [1.82, 2.24) is 10.2 Å². The minimum atomic E-state index is -0.0701. The van der Waals surface area contributed by atoms with E-state index in [2.05, 4.69) is 5.32 Å². The predicted molar refractivity (Wildman–Crippen MR) is 66.3 cm³/mol. The summed E-state index contributed by atoms with van der Waals surface area (Å²) in [7, 11) is 0. The average Bonchev–Trinajstić information content (AvgIpc) is 2.39. The smallest absolute Gasteiger partial charge is 0.257 e. The van der Waals surface area contributed by atoms with Crippen LogP contribution in [-0.4, -0.2) is 42.1 Å². The van der Waals surface area contributed by atoms with E-state index in [4.69, 9.17) is 0 Å². The van der Waals surface area contributed by atoms with Crippen LogP contribution in [0.3, 0.4) is 0 Å². The molecule has 1 aromatic carbocycles. The molecule has 1 heterocycles. The van der Waals surface area contributed by atoms with Crippen molar-refractivity contribution >= 4 is 5.91 Å². The van der Waals surface area contributed by atoms with Crippen LogP contribution in [0.15, 0.2) is 18.2 Å². The Labute approximate surface area is 101 Å². The van der Waals surface area contributed by atoms with E-state index in [0.29, 0.717) is 18.7 Å². The molecule has 1 aliphatic heterocycles. The highest BCUT2D eigenvalue weighted by molar-refractivity contribution is 5.97. The van der Waals surface area contributed by atoms with Crippen LogP contribution in [0.4, 0.5) is 0 Å². The molecular formula is C13H18N2O2. The second kappa shape index (κ2) is 5.19. The SMILES string of the molecule is CCc1cccc(C(=O)N2CCNCC2)c1O. The predicted octanol–water partition coefficient (Wildman–Crippen LogP) is 1.000. The third-order valence-electron chi connectivity index (χ3n) is 3.14. The Balaban J connectivity index is 2.23. The molecule has 1 aromatic rings. The molecule has 0 unspecified atom stereocenters. The first-order chi connectivity index (χ1) is 8.24. The third-order valence-corrected chi connectivity index (χ3v) is 3.14. The van der Waals surface area contributed by atoms with Gasteiger partial charge in [-0.3, -0.25) is 4.79 Å². The Morgan fingerprint density at radius 1 is 1.41 bits per heavy atom. The molecule has 2 N–H and O–H groups in total. The van der Waals surface area contributed by atoms with Gasteiger partial charge in [-0.25, -0.2) is 0 Å². The number of carbonyl (C=O) groups is 1. The topological polar surface area (TPSA) is 52.6 Å². The van der Waals surface area contributed by atoms with E-state index in [1.165, 1.54) is 0 Å². The first kappa shape index (κ1) is 11.9. The highest BCUT2D eigenvalue weighted by Crippen LogP contribution is 2.24. The molecule has 0 radical (unpaired) electrons. The zero-order valence-electron chi connectivity index (χ0n) is 10.1. The number of nitrogens with one attached hydrogen (secondary N) is 1. The summed E-state index contributed by atoms with van der Waals surface area (Å²) >= 11 is 0. The zero-order valence-corrected chi connectivity index (χ0v) is 10.1. The number of carbonyl (C=O) groups excluding carboxylic acids is 1. The molecule has 0 bridgehead atoms. The minimum absolute atomic E-state index is 0.0701. The van der Waals surface area contributed by atoms with Crippen LogP contribution in [0, 0.1) is 0 Å². The van der Waals surface area contributed by atoms with Gasteiger partial charge < -0.3 is 15.3 Å². The summed E-state index contributed by atoms with van der Waals surface area (Å²) in [6.07, 6.45) is 0.731. The van der Waals surface area contributed by atoms with Crippen molar-refractivity contribution in [3.63, 3.8) is 0 Å². The highest BCUT2D eigenvalue weighted by Gasteiger charge is 2.21. The van der Waals surface area contributed by atoms with E-state index < -0.39 is 0 Å². The Bertz CT molecular complexity index is 412. The maximum atomic E-state index is 12.2. The number of hydrogen-bond donors (Lipinski definition) is 2. The number of nitrogens with zero attached hydrogens (tertiary/aromatic N) is 1. The van der Waals surface area contributed by atoms with Gasteiger partial charge in [0.1, 0.15) is 5.75 Å².